The number of rotatable bonds is 6. The van der Waals surface area contributed by atoms with E-state index >= 15 is 0 Å². The van der Waals surface area contributed by atoms with Gasteiger partial charge in [0, 0.05) is 4.90 Å². The lowest BCUT2D eigenvalue weighted by Crippen LogP contribution is -2.16. The van der Waals surface area contributed by atoms with Crippen molar-refractivity contribution in [1.29, 1.82) is 0 Å². The number of benzene rings is 1. The smallest absolute Gasteiger partial charge is 0.438 e. The fraction of sp³-hybridized carbons (Fsp3) is 0.235. The molecule has 0 aliphatic heterocycles. The average molecular weight is 302 g/mol. The van der Waals surface area contributed by atoms with Crippen molar-refractivity contribution in [2.75, 3.05) is 7.11 Å². The van der Waals surface area contributed by atoms with E-state index in [1.54, 1.807) is 11.8 Å². The first kappa shape index (κ1) is 16.9. The maximum Gasteiger partial charge on any atom is 0.509 e. The Balaban J connectivity index is 2.38. The van der Waals surface area contributed by atoms with E-state index in [1.807, 2.05) is 41.8 Å². The van der Waals surface area contributed by atoms with Crippen molar-refractivity contribution in [1.82, 2.24) is 0 Å². The summed E-state index contributed by atoms with van der Waals surface area (Å²) in [6, 6.07) is 10.1. The molecule has 0 spiro atoms. The van der Waals surface area contributed by atoms with Crippen molar-refractivity contribution in [3.63, 3.8) is 0 Å². The molecule has 1 aromatic carbocycles. The highest BCUT2D eigenvalue weighted by atomic mass is 32.2. The topological polar surface area (TPSA) is 35.5 Å². The summed E-state index contributed by atoms with van der Waals surface area (Å²) >= 11 is 1.64. The molecule has 1 rings (SSSR count). The molecule has 0 radical (unpaired) electrons. The summed E-state index contributed by atoms with van der Waals surface area (Å²) in [5.41, 5.74) is 0. The zero-order valence-electron chi connectivity index (χ0n) is 12.0. The number of hydrogen-bond acceptors (Lipinski definition) is 4. The van der Waals surface area contributed by atoms with Gasteiger partial charge in [0.25, 0.3) is 0 Å². The lowest BCUT2D eigenvalue weighted by molar-refractivity contribution is 0.0532. The number of carbonyl (C=O) groups excluding carboxylic acids is 1. The molecule has 0 fully saturated rings. The molecule has 21 heavy (non-hydrogen) atoms. The third-order valence-corrected chi connectivity index (χ3v) is 3.26. The molecule has 1 atom stereocenters. The summed E-state index contributed by atoms with van der Waals surface area (Å²) in [5, 5.41) is 2.02. The van der Waals surface area contributed by atoms with Crippen molar-refractivity contribution in [2.45, 2.75) is 23.8 Å². The van der Waals surface area contributed by atoms with Gasteiger partial charge in [-0.15, -0.1) is 0 Å². The maximum absolute atomic E-state index is 11.1. The van der Waals surface area contributed by atoms with Gasteiger partial charge in [-0.25, -0.2) is 4.79 Å². The largest absolute Gasteiger partial charge is 0.509 e. The second-order valence-electron chi connectivity index (χ2n) is 3.93. The third kappa shape index (κ3) is 7.91. The van der Waals surface area contributed by atoms with Crippen LogP contribution in [-0.4, -0.2) is 19.4 Å². The summed E-state index contributed by atoms with van der Waals surface area (Å²) in [5.74, 6) is 5.51. The number of ether oxygens (including phenoxy) is 2. The van der Waals surface area contributed by atoms with E-state index in [9.17, 15) is 4.79 Å². The van der Waals surface area contributed by atoms with Gasteiger partial charge in [0.2, 0.25) is 0 Å². The first-order valence-electron chi connectivity index (χ1n) is 6.49. The first-order chi connectivity index (χ1) is 10.3. The van der Waals surface area contributed by atoms with Crippen LogP contribution in [0.3, 0.4) is 0 Å². The van der Waals surface area contributed by atoms with E-state index in [2.05, 4.69) is 23.2 Å². The molecule has 0 aliphatic carbocycles. The van der Waals surface area contributed by atoms with Gasteiger partial charge in [0.1, 0.15) is 0 Å². The minimum Gasteiger partial charge on any atom is -0.438 e. The molecule has 3 nitrogen and oxygen atoms in total. The van der Waals surface area contributed by atoms with E-state index in [4.69, 9.17) is 4.74 Å². The lowest BCUT2D eigenvalue weighted by atomic mass is 10.2. The van der Waals surface area contributed by atoms with Crippen molar-refractivity contribution in [2.24, 2.45) is 0 Å². The lowest BCUT2D eigenvalue weighted by Gasteiger charge is -2.09. The summed E-state index contributed by atoms with van der Waals surface area (Å²) in [7, 11) is 1.27. The summed E-state index contributed by atoms with van der Waals surface area (Å²) < 4.78 is 9.51. The number of allylic oxidation sites excluding steroid dienone is 2. The van der Waals surface area contributed by atoms with Crippen LogP contribution in [0.5, 0.6) is 0 Å². The summed E-state index contributed by atoms with van der Waals surface area (Å²) in [4.78, 5) is 12.3. The van der Waals surface area contributed by atoms with Crippen LogP contribution >= 0.6 is 11.8 Å². The number of carbonyl (C=O) groups is 1. The molecule has 1 unspecified atom stereocenters. The maximum atomic E-state index is 11.1. The Bertz CT molecular complexity index is 526. The highest BCUT2D eigenvalue weighted by molar-refractivity contribution is 8.02. The molecule has 0 saturated heterocycles. The third-order valence-electron chi connectivity index (χ3n) is 2.39. The molecular formula is C17H18O3S. The highest BCUT2D eigenvalue weighted by Gasteiger charge is 2.10. The molecule has 4 heteroatoms. The Morgan fingerprint density at radius 2 is 2.19 bits per heavy atom. The van der Waals surface area contributed by atoms with Crippen LogP contribution in [-0.2, 0) is 9.47 Å². The van der Waals surface area contributed by atoms with E-state index in [-0.39, 0.29) is 0 Å². The van der Waals surface area contributed by atoms with Gasteiger partial charge in [0.05, 0.1) is 7.11 Å². The van der Waals surface area contributed by atoms with Crippen molar-refractivity contribution in [3.8, 4) is 11.8 Å². The SMILES string of the molecule is C=CC#CC(CC/C=C/Sc1ccccc1)OC(=O)OC. The van der Waals surface area contributed by atoms with Crippen molar-refractivity contribution < 1.29 is 14.3 Å². The summed E-state index contributed by atoms with van der Waals surface area (Å²) in [6.45, 7) is 3.51. The van der Waals surface area contributed by atoms with Crippen LogP contribution in [0.25, 0.3) is 0 Å². The van der Waals surface area contributed by atoms with Gasteiger partial charge in [0.15, 0.2) is 6.10 Å². The molecule has 110 valence electrons. The van der Waals surface area contributed by atoms with E-state index in [0.717, 1.165) is 6.42 Å². The number of hydrogen-bond donors (Lipinski definition) is 0. The van der Waals surface area contributed by atoms with Gasteiger partial charge in [-0.3, -0.25) is 0 Å². The summed E-state index contributed by atoms with van der Waals surface area (Å²) in [6.07, 6.45) is 3.66. The van der Waals surface area contributed by atoms with Gasteiger partial charge < -0.3 is 9.47 Å². The minimum absolute atomic E-state index is 0.484. The molecular weight excluding hydrogens is 284 g/mol. The van der Waals surface area contributed by atoms with Crippen molar-refractivity contribution >= 4 is 17.9 Å². The molecule has 0 aromatic heterocycles. The number of methoxy groups -OCH3 is 1. The van der Waals surface area contributed by atoms with Crippen LogP contribution in [0.1, 0.15) is 12.8 Å². The Labute approximate surface area is 130 Å². The monoisotopic (exact) mass is 302 g/mol. The van der Waals surface area contributed by atoms with Gasteiger partial charge >= 0.3 is 6.16 Å². The van der Waals surface area contributed by atoms with Crippen LogP contribution in [0, 0.1) is 11.8 Å². The molecule has 0 N–H and O–H groups in total. The van der Waals surface area contributed by atoms with Gasteiger partial charge in [-0.1, -0.05) is 54.5 Å². The molecule has 1 aromatic rings. The Hall–Kier alpha value is -2.12. The van der Waals surface area contributed by atoms with Gasteiger partial charge in [-0.05, 0) is 36.5 Å². The van der Waals surface area contributed by atoms with E-state index in [1.165, 1.54) is 18.1 Å². The number of thioether (sulfide) groups is 1. The fourth-order valence-corrected chi connectivity index (χ4v) is 2.12. The standard InChI is InChI=1S/C17H18O3S/c1-3-4-10-15(20-17(18)19-2)11-8-9-14-21-16-12-6-5-7-13-16/h3,5-7,9,12-15H,1,8,11H2,2H3/b14-9+. The van der Waals surface area contributed by atoms with Crippen LogP contribution in [0.2, 0.25) is 0 Å². The van der Waals surface area contributed by atoms with Crippen LogP contribution in [0.15, 0.2) is 59.4 Å². The zero-order valence-corrected chi connectivity index (χ0v) is 12.8. The molecule has 0 bridgehead atoms. The Morgan fingerprint density at radius 3 is 2.86 bits per heavy atom. The quantitative estimate of drug-likeness (QED) is 0.443. The van der Waals surface area contributed by atoms with Gasteiger partial charge in [-0.2, -0.15) is 0 Å². The normalized spacial score (nSPS) is 11.3. The second kappa shape index (κ2) is 10.6. The fourth-order valence-electron chi connectivity index (χ4n) is 1.42. The second-order valence-corrected chi connectivity index (χ2v) is 4.91. The minimum atomic E-state index is -0.721. The Morgan fingerprint density at radius 1 is 1.43 bits per heavy atom. The highest BCUT2D eigenvalue weighted by Crippen LogP contribution is 2.18. The van der Waals surface area contributed by atoms with E-state index in [0.29, 0.717) is 6.42 Å². The molecule has 0 heterocycles. The van der Waals surface area contributed by atoms with Crippen LogP contribution < -0.4 is 0 Å². The Kier molecular flexibility index (Phi) is 8.58. The average Bonchev–Trinajstić information content (AvgIpc) is 2.52. The predicted octanol–water partition coefficient (Wildman–Crippen LogP) is 4.41. The van der Waals surface area contributed by atoms with Crippen molar-refractivity contribution in [3.05, 3.63) is 54.5 Å². The van der Waals surface area contributed by atoms with E-state index < -0.39 is 12.3 Å². The molecule has 0 saturated carbocycles. The van der Waals surface area contributed by atoms with Crippen LogP contribution in [0.4, 0.5) is 4.79 Å². The molecule has 0 aliphatic rings. The molecule has 0 amide bonds. The first-order valence-corrected chi connectivity index (χ1v) is 7.37. The zero-order chi connectivity index (χ0) is 15.3. The predicted molar refractivity (Wildman–Crippen MR) is 85.9 cm³/mol.